The Morgan fingerprint density at radius 3 is 2.54 bits per heavy atom. The van der Waals surface area contributed by atoms with Crippen LogP contribution in [0.4, 0.5) is 0 Å². The molecule has 0 saturated carbocycles. The monoisotopic (exact) mass is 174 g/mol. The van der Waals surface area contributed by atoms with E-state index in [0.717, 1.165) is 6.42 Å². The third kappa shape index (κ3) is 3.93. The normalized spacial score (nSPS) is 11.7. The van der Waals surface area contributed by atoms with E-state index in [1.165, 1.54) is 24.0 Å². The molecule has 0 spiro atoms. The average Bonchev–Trinajstić information content (AvgIpc) is 2.19. The van der Waals surface area contributed by atoms with Crippen molar-refractivity contribution in [3.63, 3.8) is 0 Å². The minimum Gasteiger partial charge on any atom is -0.0853 e. The molecule has 0 heteroatoms. The van der Waals surface area contributed by atoms with Gasteiger partial charge < -0.3 is 0 Å². The Morgan fingerprint density at radius 2 is 1.92 bits per heavy atom. The summed E-state index contributed by atoms with van der Waals surface area (Å²) in [5, 5.41) is 0. The highest BCUT2D eigenvalue weighted by Crippen LogP contribution is 2.06. The highest BCUT2D eigenvalue weighted by Gasteiger charge is 1.89. The van der Waals surface area contributed by atoms with E-state index in [1.54, 1.807) is 0 Å². The molecule has 0 heterocycles. The van der Waals surface area contributed by atoms with E-state index in [0.29, 0.717) is 0 Å². The Labute approximate surface area is 81.3 Å². The Kier molecular flexibility index (Phi) is 4.31. The first-order valence-corrected chi connectivity index (χ1v) is 5.02. The predicted octanol–water partition coefficient (Wildman–Crippen LogP) is 3.98. The molecule has 70 valence electrons. The van der Waals surface area contributed by atoms with E-state index in [9.17, 15) is 0 Å². The molecule has 0 amide bonds. The van der Waals surface area contributed by atoms with Crippen LogP contribution in [0.2, 0.25) is 0 Å². The summed E-state index contributed by atoms with van der Waals surface area (Å²) in [6, 6.07) is 10.7. The van der Waals surface area contributed by atoms with E-state index in [2.05, 4.69) is 50.3 Å². The van der Waals surface area contributed by atoms with Crippen LogP contribution in [0.1, 0.15) is 32.3 Å². The van der Waals surface area contributed by atoms with Gasteiger partial charge in [0.1, 0.15) is 0 Å². The summed E-state index contributed by atoms with van der Waals surface area (Å²) in [5.74, 6) is 0. The van der Waals surface area contributed by atoms with Gasteiger partial charge >= 0.3 is 0 Å². The van der Waals surface area contributed by atoms with E-state index in [4.69, 9.17) is 0 Å². The van der Waals surface area contributed by atoms with Crippen LogP contribution in [0.3, 0.4) is 0 Å². The third-order valence-corrected chi connectivity index (χ3v) is 2.33. The van der Waals surface area contributed by atoms with E-state index >= 15 is 0 Å². The van der Waals surface area contributed by atoms with Gasteiger partial charge in [0.05, 0.1) is 0 Å². The van der Waals surface area contributed by atoms with Crippen molar-refractivity contribution in [2.75, 3.05) is 0 Å². The fourth-order valence-corrected chi connectivity index (χ4v) is 1.27. The predicted molar refractivity (Wildman–Crippen MR) is 58.8 cm³/mol. The van der Waals surface area contributed by atoms with E-state index in [1.807, 2.05) is 0 Å². The van der Waals surface area contributed by atoms with Gasteiger partial charge in [-0.1, -0.05) is 48.9 Å². The van der Waals surface area contributed by atoms with E-state index < -0.39 is 0 Å². The fourth-order valence-electron chi connectivity index (χ4n) is 1.27. The largest absolute Gasteiger partial charge is 0.0853 e. The zero-order valence-corrected chi connectivity index (χ0v) is 8.59. The number of allylic oxidation sites excluding steroid dienone is 2. The zero-order chi connectivity index (χ0) is 9.52. The van der Waals surface area contributed by atoms with Gasteiger partial charge in [0.2, 0.25) is 0 Å². The molecule has 0 aromatic heterocycles. The van der Waals surface area contributed by atoms with Crippen LogP contribution >= 0.6 is 0 Å². The van der Waals surface area contributed by atoms with Gasteiger partial charge in [-0.2, -0.15) is 0 Å². The first-order chi connectivity index (χ1) is 6.33. The van der Waals surface area contributed by atoms with Crippen LogP contribution in [0.15, 0.2) is 42.0 Å². The molecule has 0 aliphatic heterocycles. The van der Waals surface area contributed by atoms with Crippen LogP contribution in [0.25, 0.3) is 0 Å². The summed E-state index contributed by atoms with van der Waals surface area (Å²) in [7, 11) is 0. The molecule has 0 aliphatic carbocycles. The van der Waals surface area contributed by atoms with Crippen LogP contribution in [0.5, 0.6) is 0 Å². The molecular weight excluding hydrogens is 156 g/mol. The van der Waals surface area contributed by atoms with E-state index in [-0.39, 0.29) is 0 Å². The summed E-state index contributed by atoms with van der Waals surface area (Å²) in [6.07, 6.45) is 5.85. The number of rotatable bonds is 4. The smallest absolute Gasteiger partial charge is 0.0244 e. The highest BCUT2D eigenvalue weighted by atomic mass is 13.9. The summed E-state index contributed by atoms with van der Waals surface area (Å²) < 4.78 is 0. The molecule has 13 heavy (non-hydrogen) atoms. The number of hydrogen-bond acceptors (Lipinski definition) is 0. The minimum absolute atomic E-state index is 1.16. The SMILES string of the molecule is CC/C(C)=C/CCc1ccccc1. The Bertz CT molecular complexity index is 257. The molecule has 1 aromatic rings. The van der Waals surface area contributed by atoms with Crippen LogP contribution in [0, 0.1) is 0 Å². The molecule has 0 nitrogen and oxygen atoms in total. The average molecular weight is 174 g/mol. The van der Waals surface area contributed by atoms with Crippen molar-refractivity contribution in [3.8, 4) is 0 Å². The van der Waals surface area contributed by atoms with Gasteiger partial charge in [-0.15, -0.1) is 0 Å². The summed E-state index contributed by atoms with van der Waals surface area (Å²) >= 11 is 0. The molecule has 0 radical (unpaired) electrons. The van der Waals surface area contributed by atoms with Crippen LogP contribution < -0.4 is 0 Å². The summed E-state index contributed by atoms with van der Waals surface area (Å²) in [5.41, 5.74) is 2.93. The lowest BCUT2D eigenvalue weighted by atomic mass is 10.1. The molecular formula is C13H18. The maximum absolute atomic E-state index is 2.34. The topological polar surface area (TPSA) is 0 Å². The zero-order valence-electron chi connectivity index (χ0n) is 8.59. The second-order valence-electron chi connectivity index (χ2n) is 3.43. The fraction of sp³-hybridized carbons (Fsp3) is 0.385. The van der Waals surface area contributed by atoms with Gasteiger partial charge in [-0.05, 0) is 31.7 Å². The van der Waals surface area contributed by atoms with Gasteiger partial charge in [-0.3, -0.25) is 0 Å². The van der Waals surface area contributed by atoms with Crippen molar-refractivity contribution >= 4 is 0 Å². The molecule has 1 rings (SSSR count). The molecule has 0 bridgehead atoms. The minimum atomic E-state index is 1.16. The van der Waals surface area contributed by atoms with Crippen molar-refractivity contribution in [2.45, 2.75) is 33.1 Å². The highest BCUT2D eigenvalue weighted by molar-refractivity contribution is 5.15. The molecule has 1 aromatic carbocycles. The number of aryl methyl sites for hydroxylation is 1. The Balaban J connectivity index is 2.36. The molecule has 0 atom stereocenters. The van der Waals surface area contributed by atoms with Crippen LogP contribution in [-0.4, -0.2) is 0 Å². The third-order valence-electron chi connectivity index (χ3n) is 2.33. The summed E-state index contributed by atoms with van der Waals surface area (Å²) in [6.45, 7) is 4.40. The van der Waals surface area contributed by atoms with Crippen molar-refractivity contribution < 1.29 is 0 Å². The maximum atomic E-state index is 2.34. The van der Waals surface area contributed by atoms with Gasteiger partial charge in [0.15, 0.2) is 0 Å². The molecule has 0 fully saturated rings. The van der Waals surface area contributed by atoms with Crippen molar-refractivity contribution in [1.29, 1.82) is 0 Å². The lowest BCUT2D eigenvalue weighted by molar-refractivity contribution is 0.967. The number of benzene rings is 1. The lowest BCUT2D eigenvalue weighted by Crippen LogP contribution is -1.82. The molecule has 0 saturated heterocycles. The van der Waals surface area contributed by atoms with Gasteiger partial charge in [0.25, 0.3) is 0 Å². The molecule has 0 N–H and O–H groups in total. The number of hydrogen-bond donors (Lipinski definition) is 0. The van der Waals surface area contributed by atoms with Crippen molar-refractivity contribution in [1.82, 2.24) is 0 Å². The molecule has 0 unspecified atom stereocenters. The Morgan fingerprint density at radius 1 is 1.23 bits per heavy atom. The quantitative estimate of drug-likeness (QED) is 0.606. The molecule has 0 aliphatic rings. The first-order valence-electron chi connectivity index (χ1n) is 5.02. The Hall–Kier alpha value is -1.04. The maximum Gasteiger partial charge on any atom is -0.0244 e. The summed E-state index contributed by atoms with van der Waals surface area (Å²) in [4.78, 5) is 0. The first kappa shape index (κ1) is 10.0. The van der Waals surface area contributed by atoms with Gasteiger partial charge in [-0.25, -0.2) is 0 Å². The van der Waals surface area contributed by atoms with Crippen molar-refractivity contribution in [3.05, 3.63) is 47.5 Å². The van der Waals surface area contributed by atoms with Crippen LogP contribution in [-0.2, 0) is 6.42 Å². The second kappa shape index (κ2) is 5.58. The van der Waals surface area contributed by atoms with Crippen molar-refractivity contribution in [2.24, 2.45) is 0 Å². The van der Waals surface area contributed by atoms with Gasteiger partial charge in [0, 0.05) is 0 Å². The second-order valence-corrected chi connectivity index (χ2v) is 3.43. The lowest BCUT2D eigenvalue weighted by Gasteiger charge is -1.98. The standard InChI is InChI=1S/C13H18/c1-3-12(2)8-7-11-13-9-5-4-6-10-13/h4-6,8-10H,3,7,11H2,1-2H3/b12-8+.